The van der Waals surface area contributed by atoms with E-state index in [-0.39, 0.29) is 5.69 Å². The van der Waals surface area contributed by atoms with Gasteiger partial charge in [-0.15, -0.1) is 0 Å². The van der Waals surface area contributed by atoms with Crippen LogP contribution in [0.15, 0.2) is 18.2 Å². The molecule has 1 aromatic carbocycles. The van der Waals surface area contributed by atoms with Crippen LogP contribution in [0.5, 0.6) is 0 Å². The Bertz CT molecular complexity index is 355. The topological polar surface area (TPSA) is 49.3 Å². The summed E-state index contributed by atoms with van der Waals surface area (Å²) < 4.78 is 13.0. The largest absolute Gasteiger partial charge is 0.384 e. The molecule has 14 heavy (non-hydrogen) atoms. The lowest BCUT2D eigenvalue weighted by molar-refractivity contribution is -0.123. The van der Waals surface area contributed by atoms with Crippen molar-refractivity contribution in [3.8, 4) is 0 Å². The van der Waals surface area contributed by atoms with Gasteiger partial charge in [-0.3, -0.25) is 4.79 Å². The highest BCUT2D eigenvalue weighted by molar-refractivity contribution is 6.30. The molecular weight excluding hydrogens is 209 g/mol. The van der Waals surface area contributed by atoms with Gasteiger partial charge in [0.15, 0.2) is 0 Å². The van der Waals surface area contributed by atoms with Crippen LogP contribution in [0, 0.1) is 5.82 Å². The van der Waals surface area contributed by atoms with E-state index in [1.165, 1.54) is 19.1 Å². The number of nitrogens with one attached hydrogen (secondary N) is 1. The molecule has 0 spiro atoms. The summed E-state index contributed by atoms with van der Waals surface area (Å²) in [7, 11) is 0. The highest BCUT2D eigenvalue weighted by Gasteiger charge is 2.11. The normalized spacial score (nSPS) is 12.3. The fourth-order valence-corrected chi connectivity index (χ4v) is 1.00. The summed E-state index contributed by atoms with van der Waals surface area (Å²) in [6.07, 6.45) is -1.19. The zero-order valence-electron chi connectivity index (χ0n) is 7.42. The van der Waals surface area contributed by atoms with Crippen LogP contribution in [0.3, 0.4) is 0 Å². The first kappa shape index (κ1) is 10.9. The molecule has 0 bridgehead atoms. The summed E-state index contributed by atoms with van der Waals surface area (Å²) in [6, 6.07) is 3.78. The van der Waals surface area contributed by atoms with Crippen molar-refractivity contribution in [3.63, 3.8) is 0 Å². The van der Waals surface area contributed by atoms with Crippen LogP contribution in [0.1, 0.15) is 6.92 Å². The fraction of sp³-hybridized carbons (Fsp3) is 0.222. The van der Waals surface area contributed by atoms with Gasteiger partial charge in [0, 0.05) is 5.02 Å². The number of carbonyl (C=O) groups excluding carboxylic acids is 1. The average Bonchev–Trinajstić information content (AvgIpc) is 2.11. The van der Waals surface area contributed by atoms with E-state index < -0.39 is 17.8 Å². The second-order valence-corrected chi connectivity index (χ2v) is 3.23. The number of benzene rings is 1. The maximum atomic E-state index is 13.0. The first-order valence-corrected chi connectivity index (χ1v) is 4.32. The van der Waals surface area contributed by atoms with Gasteiger partial charge in [0.2, 0.25) is 0 Å². The molecule has 0 saturated carbocycles. The second kappa shape index (κ2) is 4.39. The van der Waals surface area contributed by atoms with E-state index in [2.05, 4.69) is 5.32 Å². The summed E-state index contributed by atoms with van der Waals surface area (Å²) in [6.45, 7) is 1.29. The number of aliphatic hydroxyl groups excluding tert-OH is 1. The first-order chi connectivity index (χ1) is 6.50. The molecule has 0 fully saturated rings. The first-order valence-electron chi connectivity index (χ1n) is 3.94. The quantitative estimate of drug-likeness (QED) is 0.794. The third kappa shape index (κ3) is 2.68. The molecule has 0 heterocycles. The van der Waals surface area contributed by atoms with E-state index in [4.69, 9.17) is 16.7 Å². The summed E-state index contributed by atoms with van der Waals surface area (Å²) in [5.41, 5.74) is -0.0385. The van der Waals surface area contributed by atoms with Crippen LogP contribution >= 0.6 is 11.6 Å². The Morgan fingerprint density at radius 2 is 2.29 bits per heavy atom. The molecular formula is C9H9ClFNO2. The van der Waals surface area contributed by atoms with Crippen LogP contribution < -0.4 is 5.32 Å². The molecule has 0 saturated heterocycles. The second-order valence-electron chi connectivity index (χ2n) is 2.79. The molecule has 1 amide bonds. The monoisotopic (exact) mass is 217 g/mol. The molecule has 2 N–H and O–H groups in total. The summed E-state index contributed by atoms with van der Waals surface area (Å²) in [5, 5.41) is 11.4. The van der Waals surface area contributed by atoms with Crippen molar-refractivity contribution in [3.05, 3.63) is 29.0 Å². The van der Waals surface area contributed by atoms with Crippen LogP contribution in [0.2, 0.25) is 5.02 Å². The van der Waals surface area contributed by atoms with Gasteiger partial charge in [0.1, 0.15) is 11.9 Å². The molecule has 0 aliphatic rings. The van der Waals surface area contributed by atoms with Crippen LogP contribution in [-0.2, 0) is 4.79 Å². The minimum absolute atomic E-state index is 0.0385. The van der Waals surface area contributed by atoms with Gasteiger partial charge in [-0.25, -0.2) is 4.39 Å². The van der Waals surface area contributed by atoms with Gasteiger partial charge in [-0.2, -0.15) is 0 Å². The standard InChI is InChI=1S/C9H9ClFNO2/c1-5(13)9(14)12-8-4-6(10)2-3-7(8)11/h2-5,13H,1H3,(H,12,14). The molecule has 0 aliphatic heterocycles. The third-order valence-electron chi connectivity index (χ3n) is 1.57. The van der Waals surface area contributed by atoms with Gasteiger partial charge >= 0.3 is 0 Å². The maximum Gasteiger partial charge on any atom is 0.252 e. The summed E-state index contributed by atoms with van der Waals surface area (Å²) >= 11 is 5.60. The Morgan fingerprint density at radius 1 is 1.64 bits per heavy atom. The van der Waals surface area contributed by atoms with Gasteiger partial charge in [-0.05, 0) is 25.1 Å². The number of hydrogen-bond donors (Lipinski definition) is 2. The van der Waals surface area contributed by atoms with Gasteiger partial charge in [-0.1, -0.05) is 11.6 Å². The highest BCUT2D eigenvalue weighted by Crippen LogP contribution is 2.19. The Morgan fingerprint density at radius 3 is 2.86 bits per heavy atom. The minimum Gasteiger partial charge on any atom is -0.384 e. The Labute approximate surface area is 85.5 Å². The molecule has 1 rings (SSSR count). The molecule has 0 radical (unpaired) electrons. The Balaban J connectivity index is 2.86. The van der Waals surface area contributed by atoms with E-state index in [0.717, 1.165) is 6.07 Å². The number of anilines is 1. The average molecular weight is 218 g/mol. The number of amides is 1. The number of rotatable bonds is 2. The van der Waals surface area contributed by atoms with E-state index in [9.17, 15) is 9.18 Å². The lowest BCUT2D eigenvalue weighted by Gasteiger charge is -2.07. The molecule has 76 valence electrons. The molecule has 1 atom stereocenters. The fourth-order valence-electron chi connectivity index (χ4n) is 0.830. The van der Waals surface area contributed by atoms with Crippen molar-refractivity contribution in [2.75, 3.05) is 5.32 Å². The van der Waals surface area contributed by atoms with Crippen molar-refractivity contribution in [1.82, 2.24) is 0 Å². The number of aliphatic hydroxyl groups is 1. The zero-order chi connectivity index (χ0) is 10.7. The minimum atomic E-state index is -1.19. The third-order valence-corrected chi connectivity index (χ3v) is 1.80. The summed E-state index contributed by atoms with van der Waals surface area (Å²) in [4.78, 5) is 11.0. The van der Waals surface area contributed by atoms with Gasteiger partial charge in [0.05, 0.1) is 5.69 Å². The Kier molecular flexibility index (Phi) is 3.43. The molecule has 3 nitrogen and oxygen atoms in total. The molecule has 0 aliphatic carbocycles. The van der Waals surface area contributed by atoms with E-state index in [0.29, 0.717) is 5.02 Å². The van der Waals surface area contributed by atoms with Gasteiger partial charge < -0.3 is 10.4 Å². The number of carbonyl (C=O) groups is 1. The van der Waals surface area contributed by atoms with Crippen LogP contribution in [-0.4, -0.2) is 17.1 Å². The zero-order valence-corrected chi connectivity index (χ0v) is 8.18. The van der Waals surface area contributed by atoms with Crippen molar-refractivity contribution in [1.29, 1.82) is 0 Å². The van der Waals surface area contributed by atoms with Crippen molar-refractivity contribution < 1.29 is 14.3 Å². The predicted molar refractivity (Wildman–Crippen MR) is 51.7 cm³/mol. The Hall–Kier alpha value is -1.13. The van der Waals surface area contributed by atoms with E-state index in [1.807, 2.05) is 0 Å². The number of halogens is 2. The summed E-state index contributed by atoms with van der Waals surface area (Å²) in [5.74, 6) is -1.27. The smallest absolute Gasteiger partial charge is 0.252 e. The lowest BCUT2D eigenvalue weighted by atomic mass is 10.3. The lowest BCUT2D eigenvalue weighted by Crippen LogP contribution is -2.24. The highest BCUT2D eigenvalue weighted by atomic mass is 35.5. The molecule has 1 unspecified atom stereocenters. The van der Waals surface area contributed by atoms with E-state index >= 15 is 0 Å². The van der Waals surface area contributed by atoms with Crippen molar-refractivity contribution in [2.45, 2.75) is 13.0 Å². The van der Waals surface area contributed by atoms with Gasteiger partial charge in [0.25, 0.3) is 5.91 Å². The molecule has 5 heteroatoms. The predicted octanol–water partition coefficient (Wildman–Crippen LogP) is 1.80. The van der Waals surface area contributed by atoms with Crippen molar-refractivity contribution >= 4 is 23.2 Å². The number of hydrogen-bond acceptors (Lipinski definition) is 2. The van der Waals surface area contributed by atoms with E-state index in [1.54, 1.807) is 0 Å². The SMILES string of the molecule is CC(O)C(=O)Nc1cc(Cl)ccc1F. The van der Waals surface area contributed by atoms with Crippen LogP contribution in [0.4, 0.5) is 10.1 Å². The molecule has 1 aromatic rings. The molecule has 0 aromatic heterocycles. The maximum absolute atomic E-state index is 13.0. The van der Waals surface area contributed by atoms with Crippen LogP contribution in [0.25, 0.3) is 0 Å². The van der Waals surface area contributed by atoms with Crippen molar-refractivity contribution in [2.24, 2.45) is 0 Å².